The number of hydrogen-bond donors (Lipinski definition) is 0. The minimum absolute atomic E-state index is 0.679. The molecule has 18 heteroatoms. The van der Waals surface area contributed by atoms with Crippen LogP contribution < -0.4 is 0 Å². The first-order valence-corrected chi connectivity index (χ1v) is 27.3. The molecular formula is C46H54N12S6. The van der Waals surface area contributed by atoms with Crippen LogP contribution in [0.2, 0.25) is 0 Å². The molecule has 0 bridgehead atoms. The number of para-hydroxylation sites is 2. The Kier molecular flexibility index (Phi) is 34.5. The van der Waals surface area contributed by atoms with E-state index in [0.29, 0.717) is 26.2 Å². The van der Waals surface area contributed by atoms with Gasteiger partial charge in [0, 0.05) is 70.4 Å². The Morgan fingerprint density at radius 2 is 0.672 bits per heavy atom. The molecule has 0 aliphatic carbocycles. The van der Waals surface area contributed by atoms with Gasteiger partial charge in [-0.1, -0.05) is 89.0 Å². The van der Waals surface area contributed by atoms with E-state index in [2.05, 4.69) is 96.0 Å². The Hall–Kier alpha value is -4.74. The molecule has 0 aliphatic rings. The van der Waals surface area contributed by atoms with Crippen LogP contribution in [-0.4, -0.2) is 99.9 Å². The van der Waals surface area contributed by atoms with Crippen LogP contribution in [0.4, 0.5) is 22.7 Å². The van der Waals surface area contributed by atoms with E-state index in [1.54, 1.807) is 64.8 Å². The fourth-order valence-corrected chi connectivity index (χ4v) is 9.73. The van der Waals surface area contributed by atoms with Crippen molar-refractivity contribution >= 4 is 124 Å². The number of rotatable bonds is 23. The van der Waals surface area contributed by atoms with Gasteiger partial charge in [0.05, 0.1) is 71.9 Å². The lowest BCUT2D eigenvalue weighted by molar-refractivity contribution is 1.11. The molecule has 0 aliphatic heterocycles. The summed E-state index contributed by atoms with van der Waals surface area (Å²) in [7, 11) is 10.3. The Labute approximate surface area is 402 Å². The molecule has 0 unspecified atom stereocenters. The Balaban J connectivity index is 0.000000339. The number of hydrogen-bond acceptors (Lipinski definition) is 18. The van der Waals surface area contributed by atoms with Crippen molar-refractivity contribution in [2.75, 3.05) is 63.9 Å². The van der Waals surface area contributed by atoms with Crippen molar-refractivity contribution in [1.29, 1.82) is 0 Å². The third kappa shape index (κ3) is 28.1. The molecule has 0 saturated carbocycles. The molecule has 0 spiro atoms. The van der Waals surface area contributed by atoms with Crippen LogP contribution in [0.25, 0.3) is 0 Å². The van der Waals surface area contributed by atoms with Crippen LogP contribution in [-0.2, 0) is 0 Å². The Morgan fingerprint density at radius 3 is 1.03 bits per heavy atom. The summed E-state index contributed by atoms with van der Waals surface area (Å²) >= 11 is 0. The average Bonchev–Trinajstić information content (AvgIpc) is 3.33. The highest BCUT2D eigenvalue weighted by Crippen LogP contribution is 2.44. The second-order valence-corrected chi connectivity index (χ2v) is 18.7. The molecule has 4 rings (SSSR count). The van der Waals surface area contributed by atoms with Gasteiger partial charge in [-0.05, 0) is 114 Å². The van der Waals surface area contributed by atoms with Gasteiger partial charge in [-0.3, -0.25) is 0 Å². The van der Waals surface area contributed by atoms with Crippen molar-refractivity contribution in [2.45, 2.75) is 61.1 Å². The highest BCUT2D eigenvalue weighted by molar-refractivity contribution is 8.77. The first-order valence-electron chi connectivity index (χ1n) is 20.5. The molecular weight excluding hydrogens is 913 g/mol. The third-order valence-electron chi connectivity index (χ3n) is 6.73. The summed E-state index contributed by atoms with van der Waals surface area (Å²) in [5.74, 6) is 1.98. The van der Waals surface area contributed by atoms with Crippen molar-refractivity contribution in [3.8, 4) is 0 Å². The minimum atomic E-state index is 0.679. The Morgan fingerprint density at radius 1 is 0.344 bits per heavy atom. The lowest BCUT2D eigenvalue weighted by Gasteiger charge is -2.05. The number of benzene rings is 4. The van der Waals surface area contributed by atoms with E-state index in [1.807, 2.05) is 139 Å². The molecule has 12 nitrogen and oxygen atoms in total. The molecule has 0 N–H and O–H groups in total. The van der Waals surface area contributed by atoms with Gasteiger partial charge in [-0.15, -0.1) is 0 Å². The molecule has 4 aromatic carbocycles. The minimum Gasteiger partial charge on any atom is -0.226 e. The van der Waals surface area contributed by atoms with E-state index in [4.69, 9.17) is 0 Å². The van der Waals surface area contributed by atoms with Gasteiger partial charge in [-0.2, -0.15) is 20.0 Å². The maximum absolute atomic E-state index is 4.29. The van der Waals surface area contributed by atoms with Crippen molar-refractivity contribution < 1.29 is 0 Å². The van der Waals surface area contributed by atoms with Crippen LogP contribution >= 0.6 is 64.8 Å². The zero-order valence-corrected chi connectivity index (χ0v) is 42.0. The molecule has 0 saturated heterocycles. The standard InChI is InChI=1S/2C18H18N4S2.C10H18N4S2/c1-3-19-13-21-15-5-9-17(10-6-15)23-24-18-11-7-16(8-12-18)22-14-20-4-2;1-3-19-13-21-15-9-5-7-11-17(15)23-24-18-12-8-6-10-16(18)22-14-20-4-2;1-3-11-9-13-5-7-15-16-8-6-14-10-12-4-2/h2*5-12H,3-4H2,1-2H3;3-8H2,1-2H3. The fourth-order valence-electron chi connectivity index (χ4n) is 3.85. The monoisotopic (exact) mass is 966 g/mol. The molecule has 4 aromatic rings. The van der Waals surface area contributed by atoms with Crippen LogP contribution in [0, 0.1) is 0 Å². The fraction of sp³-hybridized carbons (Fsp3) is 0.348. The molecule has 0 aromatic heterocycles. The first-order chi connectivity index (χ1) is 31.6. The molecule has 0 heterocycles. The summed E-state index contributed by atoms with van der Waals surface area (Å²) in [6.45, 7) is 17.6. The second-order valence-electron chi connectivity index (χ2n) is 11.6. The van der Waals surface area contributed by atoms with Crippen molar-refractivity contribution in [1.82, 2.24) is 0 Å². The topological polar surface area (TPSA) is 148 Å². The van der Waals surface area contributed by atoms with Crippen LogP contribution in [0.5, 0.6) is 0 Å². The molecule has 0 amide bonds. The van der Waals surface area contributed by atoms with E-state index < -0.39 is 0 Å². The first kappa shape index (κ1) is 55.4. The SMILES string of the molecule is CCN=C=NCCSSCCN=C=NCC.CCN=C=Nc1ccc(SSc2ccc(N=C=NCC)cc2)cc1.CCN=C=Nc1ccccc1SSc1ccccc1N=C=NCC. The molecule has 0 fully saturated rings. The van der Waals surface area contributed by atoms with Crippen molar-refractivity contribution in [3.05, 3.63) is 97.1 Å². The zero-order valence-electron chi connectivity index (χ0n) is 37.1. The summed E-state index contributed by atoms with van der Waals surface area (Å²) in [6.07, 6.45) is 0. The summed E-state index contributed by atoms with van der Waals surface area (Å²) < 4.78 is 0. The van der Waals surface area contributed by atoms with Gasteiger partial charge < -0.3 is 0 Å². The predicted octanol–water partition coefficient (Wildman–Crippen LogP) is 15.0. The predicted molar refractivity (Wildman–Crippen MR) is 285 cm³/mol. The van der Waals surface area contributed by atoms with Gasteiger partial charge in [-0.25, -0.2) is 39.9 Å². The molecule has 334 valence electrons. The Bertz CT molecular complexity index is 2130. The molecule has 64 heavy (non-hydrogen) atoms. The zero-order chi connectivity index (χ0) is 46.0. The largest absolute Gasteiger partial charge is 0.226 e. The van der Waals surface area contributed by atoms with Gasteiger partial charge in [0.25, 0.3) is 0 Å². The highest BCUT2D eigenvalue weighted by atomic mass is 33.1. The van der Waals surface area contributed by atoms with Crippen LogP contribution in [0.15, 0.2) is 177 Å². The van der Waals surface area contributed by atoms with Crippen LogP contribution in [0.3, 0.4) is 0 Å². The summed E-state index contributed by atoms with van der Waals surface area (Å²) in [6, 6.07) is 48.0. The average molecular weight is 967 g/mol. The van der Waals surface area contributed by atoms with E-state index >= 15 is 0 Å². The van der Waals surface area contributed by atoms with E-state index in [9.17, 15) is 0 Å². The lowest BCUT2D eigenvalue weighted by Crippen LogP contribution is -1.85. The van der Waals surface area contributed by atoms with Gasteiger partial charge >= 0.3 is 0 Å². The van der Waals surface area contributed by atoms with Gasteiger partial charge in [0.2, 0.25) is 0 Å². The molecule has 0 radical (unpaired) electrons. The van der Waals surface area contributed by atoms with Crippen molar-refractivity contribution in [3.63, 3.8) is 0 Å². The number of nitrogens with zero attached hydrogens (tertiary/aromatic N) is 12. The molecule has 0 atom stereocenters. The summed E-state index contributed by atoms with van der Waals surface area (Å²) in [5, 5.41) is 0. The lowest BCUT2D eigenvalue weighted by atomic mass is 10.3. The van der Waals surface area contributed by atoms with E-state index in [-0.39, 0.29) is 0 Å². The van der Waals surface area contributed by atoms with E-state index in [1.165, 1.54) is 9.79 Å². The second kappa shape index (κ2) is 39.8. The maximum atomic E-state index is 4.29. The van der Waals surface area contributed by atoms with Gasteiger partial charge in [0.1, 0.15) is 0 Å². The normalized spacial score (nSPS) is 9.41. The van der Waals surface area contributed by atoms with Crippen LogP contribution in [0.1, 0.15) is 41.5 Å². The van der Waals surface area contributed by atoms with E-state index in [0.717, 1.165) is 70.2 Å². The highest BCUT2D eigenvalue weighted by Gasteiger charge is 2.06. The van der Waals surface area contributed by atoms with Gasteiger partial charge in [0.15, 0.2) is 0 Å². The summed E-state index contributed by atoms with van der Waals surface area (Å²) in [5.41, 5.74) is 3.44. The smallest absolute Gasteiger partial charge is 0.0949 e. The van der Waals surface area contributed by atoms with Crippen molar-refractivity contribution in [2.24, 2.45) is 59.9 Å². The number of aliphatic imine (C=N–C) groups is 12. The third-order valence-corrected chi connectivity index (χ3v) is 14.0. The summed E-state index contributed by atoms with van der Waals surface area (Å²) in [4.78, 5) is 53.0. The quantitative estimate of drug-likeness (QED) is 0.0410. The maximum Gasteiger partial charge on any atom is 0.0949 e.